The van der Waals surface area contributed by atoms with Crippen LogP contribution in [-0.2, 0) is 9.53 Å². The second-order valence-corrected chi connectivity index (χ2v) is 5.85. The lowest BCUT2D eigenvalue weighted by atomic mass is 9.94. The molecule has 0 aliphatic carbocycles. The molecular weight excluding hydrogens is 290 g/mol. The molecule has 0 atom stereocenters. The van der Waals surface area contributed by atoms with E-state index in [0.29, 0.717) is 37.6 Å². The second-order valence-electron chi connectivity index (χ2n) is 5.42. The van der Waals surface area contributed by atoms with Gasteiger partial charge in [0.2, 0.25) is 5.91 Å². The molecule has 0 aromatic heterocycles. The summed E-state index contributed by atoms with van der Waals surface area (Å²) in [7, 11) is 1.70. The Morgan fingerprint density at radius 3 is 2.62 bits per heavy atom. The number of hydrogen-bond donors (Lipinski definition) is 1. The molecule has 21 heavy (non-hydrogen) atoms. The van der Waals surface area contributed by atoms with Crippen LogP contribution in [0.4, 0.5) is 0 Å². The third-order valence-electron chi connectivity index (χ3n) is 3.62. The smallest absolute Gasteiger partial charge is 0.246 e. The zero-order chi connectivity index (χ0) is 15.3. The molecule has 5 heteroatoms. The predicted octanol–water partition coefficient (Wildman–Crippen LogP) is 2.35. The summed E-state index contributed by atoms with van der Waals surface area (Å²) in [5.41, 5.74) is 0.0717. The van der Waals surface area contributed by atoms with Gasteiger partial charge in [0.25, 0.3) is 0 Å². The fourth-order valence-electron chi connectivity index (χ4n) is 2.30. The molecule has 2 rings (SSSR count). The van der Waals surface area contributed by atoms with Crippen molar-refractivity contribution in [2.24, 2.45) is 0 Å². The zero-order valence-corrected chi connectivity index (χ0v) is 12.8. The van der Waals surface area contributed by atoms with Crippen molar-refractivity contribution in [1.29, 1.82) is 0 Å². The molecule has 1 saturated heterocycles. The molecule has 0 saturated carbocycles. The Morgan fingerprint density at radius 2 is 2.00 bits per heavy atom. The fraction of sp³-hybridized carbons (Fsp3) is 0.438. The van der Waals surface area contributed by atoms with Gasteiger partial charge in [0, 0.05) is 50.7 Å². The van der Waals surface area contributed by atoms with Crippen LogP contribution in [0.3, 0.4) is 0 Å². The maximum Gasteiger partial charge on any atom is 0.246 e. The van der Waals surface area contributed by atoms with Gasteiger partial charge < -0.3 is 14.7 Å². The third kappa shape index (κ3) is 4.84. The van der Waals surface area contributed by atoms with Crippen LogP contribution in [0.25, 0.3) is 6.08 Å². The van der Waals surface area contributed by atoms with E-state index in [9.17, 15) is 9.90 Å². The van der Waals surface area contributed by atoms with Crippen LogP contribution in [0.2, 0.25) is 5.02 Å². The molecule has 4 nitrogen and oxygen atoms in total. The molecule has 0 bridgehead atoms. The third-order valence-corrected chi connectivity index (χ3v) is 3.87. The maximum atomic E-state index is 12.1. The van der Waals surface area contributed by atoms with Gasteiger partial charge in [-0.15, -0.1) is 0 Å². The summed E-state index contributed by atoms with van der Waals surface area (Å²) >= 11 is 5.81. The number of rotatable bonds is 4. The molecule has 1 aliphatic heterocycles. The quantitative estimate of drug-likeness (QED) is 0.869. The predicted molar refractivity (Wildman–Crippen MR) is 83.1 cm³/mol. The molecule has 0 unspecified atom stereocenters. The lowest BCUT2D eigenvalue weighted by molar-refractivity contribution is -0.131. The van der Waals surface area contributed by atoms with Crippen molar-refractivity contribution in [2.75, 3.05) is 26.8 Å². The summed E-state index contributed by atoms with van der Waals surface area (Å²) in [5.74, 6) is -0.134. The topological polar surface area (TPSA) is 49.8 Å². The number of nitrogens with zero attached hydrogens (tertiary/aromatic N) is 1. The second kappa shape index (κ2) is 7.07. The Hall–Kier alpha value is -1.36. The first-order valence-electron chi connectivity index (χ1n) is 6.97. The molecule has 1 amide bonds. The largest absolute Gasteiger partial charge is 0.388 e. The van der Waals surface area contributed by atoms with Crippen LogP contribution in [0.15, 0.2) is 30.3 Å². The van der Waals surface area contributed by atoms with Crippen LogP contribution in [-0.4, -0.2) is 48.3 Å². The Labute approximate surface area is 130 Å². The number of likely N-dealkylation sites (N-methyl/N-ethyl adjacent to an activating group) is 1. The van der Waals surface area contributed by atoms with Crippen molar-refractivity contribution in [3.63, 3.8) is 0 Å². The Kier molecular flexibility index (Phi) is 5.39. The van der Waals surface area contributed by atoms with E-state index >= 15 is 0 Å². The first-order valence-corrected chi connectivity index (χ1v) is 7.35. The number of hydrogen-bond acceptors (Lipinski definition) is 3. The highest BCUT2D eigenvalue weighted by molar-refractivity contribution is 6.30. The molecule has 1 fully saturated rings. The first-order chi connectivity index (χ1) is 9.98. The number of ether oxygens (including phenoxy) is 1. The van der Waals surface area contributed by atoms with Crippen LogP contribution in [0.5, 0.6) is 0 Å². The first kappa shape index (κ1) is 16.0. The van der Waals surface area contributed by atoms with E-state index in [1.807, 2.05) is 12.1 Å². The number of carbonyl (C=O) groups excluding carboxylic acids is 1. The van der Waals surface area contributed by atoms with E-state index in [4.69, 9.17) is 16.3 Å². The van der Waals surface area contributed by atoms with Crippen LogP contribution in [0.1, 0.15) is 18.4 Å². The molecule has 1 aliphatic rings. The van der Waals surface area contributed by atoms with E-state index < -0.39 is 5.60 Å². The van der Waals surface area contributed by atoms with Crippen LogP contribution in [0, 0.1) is 0 Å². The molecule has 0 spiro atoms. The Morgan fingerprint density at radius 1 is 1.38 bits per heavy atom. The van der Waals surface area contributed by atoms with Gasteiger partial charge in [-0.3, -0.25) is 4.79 Å². The molecule has 1 heterocycles. The minimum Gasteiger partial charge on any atom is -0.388 e. The highest BCUT2D eigenvalue weighted by Gasteiger charge is 2.31. The number of aliphatic hydroxyl groups is 1. The fourth-order valence-corrected chi connectivity index (χ4v) is 2.42. The zero-order valence-electron chi connectivity index (χ0n) is 12.1. The maximum absolute atomic E-state index is 12.1. The number of carbonyl (C=O) groups is 1. The normalized spacial score (nSPS) is 17.9. The highest BCUT2D eigenvalue weighted by atomic mass is 35.5. The summed E-state index contributed by atoms with van der Waals surface area (Å²) in [5, 5.41) is 11.1. The molecular formula is C16H20ClNO3. The van der Waals surface area contributed by atoms with Crippen molar-refractivity contribution >= 4 is 23.6 Å². The Balaban J connectivity index is 1.91. The number of halogens is 1. The minimum absolute atomic E-state index is 0.134. The van der Waals surface area contributed by atoms with Crippen molar-refractivity contribution < 1.29 is 14.6 Å². The van der Waals surface area contributed by atoms with E-state index in [-0.39, 0.29) is 5.91 Å². The van der Waals surface area contributed by atoms with Gasteiger partial charge in [0.15, 0.2) is 0 Å². The summed E-state index contributed by atoms with van der Waals surface area (Å²) in [6.45, 7) is 1.40. The van der Waals surface area contributed by atoms with Crippen LogP contribution < -0.4 is 0 Å². The van der Waals surface area contributed by atoms with Gasteiger partial charge in [-0.2, -0.15) is 0 Å². The summed E-state index contributed by atoms with van der Waals surface area (Å²) in [4.78, 5) is 13.6. The number of benzene rings is 1. The summed E-state index contributed by atoms with van der Waals surface area (Å²) < 4.78 is 5.23. The van der Waals surface area contributed by atoms with Crippen molar-refractivity contribution in [2.45, 2.75) is 18.4 Å². The molecule has 1 N–H and O–H groups in total. The molecule has 0 radical (unpaired) electrons. The van der Waals surface area contributed by atoms with Gasteiger partial charge in [-0.1, -0.05) is 23.7 Å². The Bertz CT molecular complexity index is 507. The highest BCUT2D eigenvalue weighted by Crippen LogP contribution is 2.21. The lowest BCUT2D eigenvalue weighted by Crippen LogP contribution is -2.47. The summed E-state index contributed by atoms with van der Waals surface area (Å²) in [6.07, 6.45) is 4.37. The average molecular weight is 310 g/mol. The lowest BCUT2D eigenvalue weighted by Gasteiger charge is -2.35. The average Bonchev–Trinajstić information content (AvgIpc) is 2.46. The van der Waals surface area contributed by atoms with Gasteiger partial charge in [0.1, 0.15) is 0 Å². The molecule has 1 aromatic carbocycles. The van der Waals surface area contributed by atoms with E-state index in [1.54, 1.807) is 25.3 Å². The van der Waals surface area contributed by atoms with Gasteiger partial charge >= 0.3 is 0 Å². The summed E-state index contributed by atoms with van der Waals surface area (Å²) in [6, 6.07) is 7.25. The molecule has 1 aromatic rings. The number of amides is 1. The minimum atomic E-state index is -0.837. The van der Waals surface area contributed by atoms with Gasteiger partial charge in [0.05, 0.1) is 5.60 Å². The van der Waals surface area contributed by atoms with E-state index in [1.165, 1.54) is 11.0 Å². The van der Waals surface area contributed by atoms with E-state index in [2.05, 4.69) is 0 Å². The van der Waals surface area contributed by atoms with Crippen molar-refractivity contribution in [1.82, 2.24) is 4.90 Å². The molecule has 114 valence electrons. The van der Waals surface area contributed by atoms with Crippen molar-refractivity contribution in [3.8, 4) is 0 Å². The van der Waals surface area contributed by atoms with Crippen LogP contribution >= 0.6 is 11.6 Å². The monoisotopic (exact) mass is 309 g/mol. The van der Waals surface area contributed by atoms with Gasteiger partial charge in [-0.05, 0) is 23.8 Å². The van der Waals surface area contributed by atoms with Crippen molar-refractivity contribution in [3.05, 3.63) is 40.9 Å². The van der Waals surface area contributed by atoms with Gasteiger partial charge in [-0.25, -0.2) is 0 Å². The SMILES string of the molecule is CN(CC1(O)CCOCC1)C(=O)/C=C/c1ccc(Cl)cc1. The standard InChI is InChI=1S/C16H20ClNO3/c1-18(12-16(20)8-10-21-11-9-16)15(19)7-4-13-2-5-14(17)6-3-13/h2-7,20H,8-12H2,1H3/b7-4+. The van der Waals surface area contributed by atoms with E-state index in [0.717, 1.165) is 5.56 Å².